The quantitative estimate of drug-likeness (QED) is 0.899. The summed E-state index contributed by atoms with van der Waals surface area (Å²) in [6, 6.07) is 4.74. The molecule has 1 aliphatic rings. The lowest BCUT2D eigenvalue weighted by molar-refractivity contribution is -0.137. The molecule has 0 radical (unpaired) electrons. The number of amides is 1. The van der Waals surface area contributed by atoms with Gasteiger partial charge in [0.15, 0.2) is 5.13 Å². The maximum absolute atomic E-state index is 12.6. The number of halogens is 3. The summed E-state index contributed by atoms with van der Waals surface area (Å²) in [4.78, 5) is 22.0. The average molecular weight is 366 g/mol. The standard InChI is InChI=1S/C16H13F3N4OS/c17-16(18,19)12-4-2-11(3-5-12)13-9-25-15(21-13)22-14(24)8-23-7-1-6-20-10-23/h1-7,9H,8,10H2,(H,21,22,24). The lowest BCUT2D eigenvalue weighted by Crippen LogP contribution is -2.30. The Morgan fingerprint density at radius 3 is 2.68 bits per heavy atom. The Kier molecular flexibility index (Phi) is 4.84. The van der Waals surface area contributed by atoms with Gasteiger partial charge >= 0.3 is 6.18 Å². The molecule has 130 valence electrons. The van der Waals surface area contributed by atoms with Crippen LogP contribution in [-0.4, -0.2) is 35.2 Å². The lowest BCUT2D eigenvalue weighted by atomic mass is 10.1. The molecule has 0 spiro atoms. The van der Waals surface area contributed by atoms with Crippen LogP contribution in [0, 0.1) is 0 Å². The molecule has 1 aromatic heterocycles. The summed E-state index contributed by atoms with van der Waals surface area (Å²) in [6.45, 7) is 0.557. The first kappa shape index (κ1) is 17.2. The van der Waals surface area contributed by atoms with Crippen molar-refractivity contribution in [3.63, 3.8) is 0 Å². The van der Waals surface area contributed by atoms with Crippen LogP contribution in [0.5, 0.6) is 0 Å². The third-order valence-corrected chi connectivity index (χ3v) is 4.11. The molecular weight excluding hydrogens is 353 g/mol. The van der Waals surface area contributed by atoms with Crippen LogP contribution in [0.2, 0.25) is 0 Å². The number of benzene rings is 1. The molecule has 5 nitrogen and oxygen atoms in total. The molecule has 9 heteroatoms. The normalized spacial score (nSPS) is 14.0. The molecule has 2 aromatic rings. The number of alkyl halides is 3. The molecule has 1 N–H and O–H groups in total. The number of carbonyl (C=O) groups excluding carboxylic acids is 1. The number of hydrogen-bond acceptors (Lipinski definition) is 5. The Balaban J connectivity index is 1.63. The summed E-state index contributed by atoms with van der Waals surface area (Å²) in [5.74, 6) is -0.241. The number of allylic oxidation sites excluding steroid dienone is 1. The number of aliphatic imine (C=N–C) groups is 1. The molecule has 0 saturated carbocycles. The van der Waals surface area contributed by atoms with Gasteiger partial charge in [-0.1, -0.05) is 12.1 Å². The summed E-state index contributed by atoms with van der Waals surface area (Å²) in [5.41, 5.74) is 0.354. The Hall–Kier alpha value is -2.68. The maximum atomic E-state index is 12.6. The van der Waals surface area contributed by atoms with E-state index in [2.05, 4.69) is 15.3 Å². The number of carbonyl (C=O) groups is 1. The van der Waals surface area contributed by atoms with E-state index >= 15 is 0 Å². The number of nitrogens with one attached hydrogen (secondary N) is 1. The zero-order chi connectivity index (χ0) is 17.9. The van der Waals surface area contributed by atoms with Crippen LogP contribution in [0.1, 0.15) is 5.56 Å². The smallest absolute Gasteiger partial charge is 0.349 e. The van der Waals surface area contributed by atoms with Crippen LogP contribution < -0.4 is 5.32 Å². The summed E-state index contributed by atoms with van der Waals surface area (Å²) >= 11 is 1.21. The zero-order valence-electron chi connectivity index (χ0n) is 12.8. The molecule has 1 amide bonds. The number of anilines is 1. The van der Waals surface area contributed by atoms with Crippen LogP contribution in [0.3, 0.4) is 0 Å². The molecule has 0 atom stereocenters. The van der Waals surface area contributed by atoms with E-state index in [1.54, 1.807) is 28.8 Å². The van der Waals surface area contributed by atoms with Crippen molar-refractivity contribution >= 4 is 28.6 Å². The summed E-state index contributed by atoms with van der Waals surface area (Å²) in [5, 5.41) is 4.75. The Morgan fingerprint density at radius 1 is 1.28 bits per heavy atom. The van der Waals surface area contributed by atoms with E-state index < -0.39 is 11.7 Å². The highest BCUT2D eigenvalue weighted by Gasteiger charge is 2.30. The van der Waals surface area contributed by atoms with Crippen molar-refractivity contribution < 1.29 is 18.0 Å². The average Bonchev–Trinajstić information content (AvgIpc) is 3.03. The Labute approximate surface area is 145 Å². The first-order chi connectivity index (χ1) is 11.9. The van der Waals surface area contributed by atoms with Crippen molar-refractivity contribution in [2.45, 2.75) is 6.18 Å². The van der Waals surface area contributed by atoms with Gasteiger partial charge < -0.3 is 10.2 Å². The number of hydrogen-bond donors (Lipinski definition) is 1. The topological polar surface area (TPSA) is 57.6 Å². The van der Waals surface area contributed by atoms with Gasteiger partial charge in [0.2, 0.25) is 5.91 Å². The van der Waals surface area contributed by atoms with Crippen molar-refractivity contribution in [3.8, 4) is 11.3 Å². The maximum Gasteiger partial charge on any atom is 0.416 e. The van der Waals surface area contributed by atoms with Crippen molar-refractivity contribution in [1.82, 2.24) is 9.88 Å². The van der Waals surface area contributed by atoms with Gasteiger partial charge in [-0.2, -0.15) is 13.2 Å². The molecule has 25 heavy (non-hydrogen) atoms. The minimum atomic E-state index is -4.37. The van der Waals surface area contributed by atoms with Gasteiger partial charge in [-0.3, -0.25) is 9.79 Å². The summed E-state index contributed by atoms with van der Waals surface area (Å²) in [7, 11) is 0. The molecule has 1 aromatic carbocycles. The minimum Gasteiger partial charge on any atom is -0.349 e. The molecule has 0 saturated heterocycles. The minimum absolute atomic E-state index is 0.142. The largest absolute Gasteiger partial charge is 0.416 e. The Bertz CT molecular complexity index is 812. The molecule has 0 fully saturated rings. The first-order valence-electron chi connectivity index (χ1n) is 7.25. The molecule has 0 unspecified atom stereocenters. The lowest BCUT2D eigenvalue weighted by Gasteiger charge is -2.18. The predicted octanol–water partition coefficient (Wildman–Crippen LogP) is 3.63. The summed E-state index contributed by atoms with van der Waals surface area (Å²) < 4.78 is 37.8. The predicted molar refractivity (Wildman–Crippen MR) is 90.4 cm³/mol. The highest BCUT2D eigenvalue weighted by atomic mass is 32.1. The van der Waals surface area contributed by atoms with E-state index in [1.165, 1.54) is 23.5 Å². The number of thiazole rings is 1. The van der Waals surface area contributed by atoms with Crippen molar-refractivity contribution in [2.75, 3.05) is 18.5 Å². The fourth-order valence-electron chi connectivity index (χ4n) is 2.16. The fraction of sp³-hybridized carbons (Fsp3) is 0.188. The molecular formula is C16H13F3N4OS. The van der Waals surface area contributed by atoms with Gasteiger partial charge in [0.25, 0.3) is 0 Å². The van der Waals surface area contributed by atoms with Crippen LogP contribution in [0.4, 0.5) is 18.3 Å². The SMILES string of the molecule is O=C(CN1C=CC=NC1)Nc1nc(-c2ccc(C(F)(F)F)cc2)cs1. The van der Waals surface area contributed by atoms with Crippen molar-refractivity contribution in [1.29, 1.82) is 0 Å². The van der Waals surface area contributed by atoms with E-state index in [0.717, 1.165) is 12.1 Å². The second kappa shape index (κ2) is 7.06. The number of nitrogens with zero attached hydrogens (tertiary/aromatic N) is 3. The highest BCUT2D eigenvalue weighted by molar-refractivity contribution is 7.14. The van der Waals surface area contributed by atoms with E-state index in [9.17, 15) is 18.0 Å². The zero-order valence-corrected chi connectivity index (χ0v) is 13.6. The van der Waals surface area contributed by atoms with Crippen LogP contribution in [0.25, 0.3) is 11.3 Å². The Morgan fingerprint density at radius 2 is 2.04 bits per heavy atom. The number of rotatable bonds is 4. The second-order valence-corrected chi connectivity index (χ2v) is 6.08. The van der Waals surface area contributed by atoms with Crippen LogP contribution >= 0.6 is 11.3 Å². The van der Waals surface area contributed by atoms with Gasteiger partial charge in [-0.15, -0.1) is 11.3 Å². The van der Waals surface area contributed by atoms with Crippen LogP contribution in [-0.2, 0) is 11.0 Å². The van der Waals surface area contributed by atoms with E-state index in [1.807, 2.05) is 0 Å². The highest BCUT2D eigenvalue weighted by Crippen LogP contribution is 2.31. The molecule has 2 heterocycles. The molecule has 0 bridgehead atoms. The fourth-order valence-corrected chi connectivity index (χ4v) is 2.90. The molecule has 3 rings (SSSR count). The molecule has 0 aliphatic carbocycles. The second-order valence-electron chi connectivity index (χ2n) is 5.22. The van der Waals surface area contributed by atoms with Gasteiger partial charge in [0.05, 0.1) is 17.8 Å². The summed E-state index contributed by atoms with van der Waals surface area (Å²) in [6.07, 6.45) is 0.795. The third kappa shape index (κ3) is 4.44. The van der Waals surface area contributed by atoms with E-state index in [0.29, 0.717) is 23.1 Å². The van der Waals surface area contributed by atoms with Crippen LogP contribution in [0.15, 0.2) is 46.9 Å². The first-order valence-corrected chi connectivity index (χ1v) is 8.13. The molecule has 1 aliphatic heterocycles. The van der Waals surface area contributed by atoms with Crippen molar-refractivity contribution in [3.05, 3.63) is 47.5 Å². The van der Waals surface area contributed by atoms with Gasteiger partial charge in [0, 0.05) is 23.4 Å². The van der Waals surface area contributed by atoms with Gasteiger partial charge in [-0.05, 0) is 18.2 Å². The van der Waals surface area contributed by atoms with Gasteiger partial charge in [0.1, 0.15) is 6.67 Å². The van der Waals surface area contributed by atoms with E-state index in [4.69, 9.17) is 0 Å². The van der Waals surface area contributed by atoms with Crippen molar-refractivity contribution in [2.24, 2.45) is 4.99 Å². The monoisotopic (exact) mass is 366 g/mol. The van der Waals surface area contributed by atoms with E-state index in [-0.39, 0.29) is 12.5 Å². The third-order valence-electron chi connectivity index (χ3n) is 3.36. The van der Waals surface area contributed by atoms with Gasteiger partial charge in [-0.25, -0.2) is 4.98 Å². The number of aromatic nitrogens is 1.